The van der Waals surface area contributed by atoms with Crippen molar-refractivity contribution in [3.05, 3.63) is 57.1 Å². The number of likely N-dealkylation sites (N-methyl/N-ethyl adjacent to an activating group) is 1. The van der Waals surface area contributed by atoms with Gasteiger partial charge in [0.1, 0.15) is 0 Å². The normalized spacial score (nSPS) is 12.1. The Kier molecular flexibility index (Phi) is 6.10. The molecule has 0 unspecified atom stereocenters. The van der Waals surface area contributed by atoms with E-state index < -0.39 is 4.92 Å². The lowest BCUT2D eigenvalue weighted by Crippen LogP contribution is -2.24. The van der Waals surface area contributed by atoms with Crippen LogP contribution in [0.15, 0.2) is 30.3 Å². The van der Waals surface area contributed by atoms with Crippen molar-refractivity contribution in [2.75, 3.05) is 28.1 Å². The Morgan fingerprint density at radius 2 is 1.80 bits per heavy atom. The number of amides is 1. The van der Waals surface area contributed by atoms with E-state index in [9.17, 15) is 14.9 Å². The van der Waals surface area contributed by atoms with Crippen LogP contribution in [0.1, 0.15) is 16.7 Å². The Bertz CT molecular complexity index is 1020. The number of nitro benzene ring substituents is 1. The molecular weight excluding hydrogens is 392 g/mol. The lowest BCUT2D eigenvalue weighted by molar-refractivity contribution is -0.385. The molecule has 30 heavy (non-hydrogen) atoms. The number of rotatable bonds is 7. The van der Waals surface area contributed by atoms with E-state index in [1.54, 1.807) is 21.3 Å². The molecule has 1 amide bonds. The van der Waals surface area contributed by atoms with E-state index in [4.69, 9.17) is 18.9 Å². The molecule has 9 nitrogen and oxygen atoms in total. The van der Waals surface area contributed by atoms with Gasteiger partial charge < -0.3 is 23.8 Å². The molecule has 9 heteroatoms. The third-order valence-corrected chi connectivity index (χ3v) is 4.75. The lowest BCUT2D eigenvalue weighted by Gasteiger charge is -2.18. The number of hydrogen-bond donors (Lipinski definition) is 0. The van der Waals surface area contributed by atoms with Gasteiger partial charge in [0.05, 0.1) is 30.8 Å². The maximum Gasteiger partial charge on any atom is 0.280 e. The van der Waals surface area contributed by atoms with Gasteiger partial charge in [-0.25, -0.2) is 0 Å². The Morgan fingerprint density at radius 1 is 1.17 bits per heavy atom. The topological polar surface area (TPSA) is 100 Å². The number of nitrogens with zero attached hydrogens (tertiary/aromatic N) is 2. The van der Waals surface area contributed by atoms with Crippen LogP contribution in [0.2, 0.25) is 0 Å². The van der Waals surface area contributed by atoms with Gasteiger partial charge in [-0.2, -0.15) is 0 Å². The van der Waals surface area contributed by atoms with Gasteiger partial charge in [-0.3, -0.25) is 14.9 Å². The molecule has 0 spiro atoms. The minimum atomic E-state index is -0.525. The minimum Gasteiger partial charge on any atom is -0.493 e. The van der Waals surface area contributed by atoms with Crippen LogP contribution in [-0.2, 0) is 11.3 Å². The van der Waals surface area contributed by atoms with E-state index in [1.807, 2.05) is 19.1 Å². The van der Waals surface area contributed by atoms with Crippen LogP contribution < -0.4 is 18.9 Å². The second-order valence-electron chi connectivity index (χ2n) is 6.68. The third-order valence-electron chi connectivity index (χ3n) is 4.75. The molecule has 0 atom stereocenters. The molecule has 2 aromatic rings. The summed E-state index contributed by atoms with van der Waals surface area (Å²) in [7, 11) is 4.76. The fourth-order valence-corrected chi connectivity index (χ4v) is 3.05. The van der Waals surface area contributed by atoms with E-state index in [2.05, 4.69) is 0 Å². The Morgan fingerprint density at radius 3 is 2.43 bits per heavy atom. The first kappa shape index (κ1) is 21.0. The summed E-state index contributed by atoms with van der Waals surface area (Å²) in [4.78, 5) is 24.9. The number of fused-ring (bicyclic) bond motifs is 1. The van der Waals surface area contributed by atoms with E-state index in [1.165, 1.54) is 29.2 Å². The Hall–Kier alpha value is -3.75. The monoisotopic (exact) mass is 414 g/mol. The first-order valence-electron chi connectivity index (χ1n) is 9.06. The van der Waals surface area contributed by atoms with Crippen molar-refractivity contribution in [2.24, 2.45) is 0 Å². The molecule has 0 saturated carbocycles. The largest absolute Gasteiger partial charge is 0.493 e. The van der Waals surface area contributed by atoms with Crippen LogP contribution in [0.3, 0.4) is 0 Å². The predicted molar refractivity (Wildman–Crippen MR) is 109 cm³/mol. The zero-order valence-electron chi connectivity index (χ0n) is 17.1. The minimum absolute atomic E-state index is 0.00595. The van der Waals surface area contributed by atoms with Gasteiger partial charge in [0.15, 0.2) is 23.0 Å². The van der Waals surface area contributed by atoms with Gasteiger partial charge in [0.25, 0.3) is 5.69 Å². The summed E-state index contributed by atoms with van der Waals surface area (Å²) in [6, 6.07) is 6.45. The summed E-state index contributed by atoms with van der Waals surface area (Å²) in [6.45, 7) is 2.26. The first-order chi connectivity index (χ1) is 14.3. The Labute approximate surface area is 173 Å². The second-order valence-corrected chi connectivity index (χ2v) is 6.68. The zero-order chi connectivity index (χ0) is 21.8. The second kappa shape index (κ2) is 8.73. The lowest BCUT2D eigenvalue weighted by atomic mass is 10.1. The molecule has 1 aliphatic rings. The maximum absolute atomic E-state index is 12.6. The van der Waals surface area contributed by atoms with Gasteiger partial charge in [-0.05, 0) is 42.3 Å². The summed E-state index contributed by atoms with van der Waals surface area (Å²) in [6.07, 6.45) is 2.70. The fourth-order valence-electron chi connectivity index (χ4n) is 3.05. The molecule has 0 N–H and O–H groups in total. The molecule has 1 heterocycles. The van der Waals surface area contributed by atoms with E-state index >= 15 is 0 Å². The molecule has 158 valence electrons. The Balaban J connectivity index is 1.78. The van der Waals surface area contributed by atoms with Crippen molar-refractivity contribution < 1.29 is 28.7 Å². The molecule has 2 aromatic carbocycles. The van der Waals surface area contributed by atoms with Gasteiger partial charge in [-0.1, -0.05) is 0 Å². The van der Waals surface area contributed by atoms with Gasteiger partial charge in [0, 0.05) is 19.7 Å². The van der Waals surface area contributed by atoms with E-state index in [-0.39, 0.29) is 24.0 Å². The molecule has 0 radical (unpaired) electrons. The third kappa shape index (κ3) is 4.29. The van der Waals surface area contributed by atoms with Crippen molar-refractivity contribution in [1.29, 1.82) is 0 Å². The van der Waals surface area contributed by atoms with Crippen LogP contribution in [0.4, 0.5) is 5.69 Å². The fraction of sp³-hybridized carbons (Fsp3) is 0.286. The molecule has 1 aliphatic heterocycles. The van der Waals surface area contributed by atoms with Crippen LogP contribution in [0, 0.1) is 17.0 Å². The highest BCUT2D eigenvalue weighted by Gasteiger charge is 2.22. The molecule has 0 aromatic heterocycles. The van der Waals surface area contributed by atoms with Crippen LogP contribution in [0.5, 0.6) is 23.0 Å². The highest BCUT2D eigenvalue weighted by atomic mass is 16.7. The molecule has 0 fully saturated rings. The highest BCUT2D eigenvalue weighted by Crippen LogP contribution is 2.38. The number of carbonyl (C=O) groups is 1. The summed E-state index contributed by atoms with van der Waals surface area (Å²) >= 11 is 0. The van der Waals surface area contributed by atoms with Gasteiger partial charge in [0.2, 0.25) is 12.7 Å². The summed E-state index contributed by atoms with van der Waals surface area (Å²) < 4.78 is 21.0. The average molecular weight is 414 g/mol. The van der Waals surface area contributed by atoms with Crippen molar-refractivity contribution in [3.8, 4) is 23.0 Å². The van der Waals surface area contributed by atoms with Crippen LogP contribution >= 0.6 is 0 Å². The maximum atomic E-state index is 12.6. The standard InChI is InChI=1S/C21H22N2O7/c1-13-7-17(27-3)18(28-4)9-15(13)11-22(2)21(24)6-5-14-8-19-20(30-12-29-19)10-16(14)23(25)26/h5-10H,11-12H2,1-4H3/b6-5+. The van der Waals surface area contributed by atoms with Gasteiger partial charge in [-0.15, -0.1) is 0 Å². The summed E-state index contributed by atoms with van der Waals surface area (Å²) in [5.74, 6) is 1.59. The van der Waals surface area contributed by atoms with Crippen LogP contribution in [-0.4, -0.2) is 43.8 Å². The SMILES string of the molecule is COc1cc(C)c(CN(C)C(=O)/C=C/c2cc3c(cc2[N+](=O)[O-])OCO3)cc1OC. The smallest absolute Gasteiger partial charge is 0.280 e. The number of carbonyl (C=O) groups excluding carboxylic acids is 1. The molecule has 3 rings (SSSR count). The van der Waals surface area contributed by atoms with Crippen molar-refractivity contribution >= 4 is 17.7 Å². The molecular formula is C21H22N2O7. The number of aryl methyl sites for hydroxylation is 1. The highest BCUT2D eigenvalue weighted by molar-refractivity contribution is 5.92. The summed E-state index contributed by atoms with van der Waals surface area (Å²) in [5, 5.41) is 11.3. The number of ether oxygens (including phenoxy) is 4. The van der Waals surface area contributed by atoms with E-state index in [0.717, 1.165) is 11.1 Å². The number of hydrogen-bond acceptors (Lipinski definition) is 7. The van der Waals surface area contributed by atoms with Crippen molar-refractivity contribution in [3.63, 3.8) is 0 Å². The molecule has 0 saturated heterocycles. The summed E-state index contributed by atoms with van der Waals surface area (Å²) in [5.41, 5.74) is 1.93. The number of benzene rings is 2. The first-order valence-corrected chi connectivity index (χ1v) is 9.06. The van der Waals surface area contributed by atoms with Crippen molar-refractivity contribution in [2.45, 2.75) is 13.5 Å². The zero-order valence-corrected chi connectivity index (χ0v) is 17.1. The quantitative estimate of drug-likeness (QED) is 0.389. The predicted octanol–water partition coefficient (Wildman–Crippen LogP) is 3.32. The number of methoxy groups -OCH3 is 2. The molecule has 0 aliphatic carbocycles. The van der Waals surface area contributed by atoms with E-state index in [0.29, 0.717) is 29.5 Å². The molecule has 0 bridgehead atoms. The van der Waals surface area contributed by atoms with Crippen LogP contribution in [0.25, 0.3) is 6.08 Å². The number of nitro groups is 1. The van der Waals surface area contributed by atoms with Crippen molar-refractivity contribution in [1.82, 2.24) is 4.90 Å². The van der Waals surface area contributed by atoms with Gasteiger partial charge >= 0.3 is 0 Å². The average Bonchev–Trinajstić information content (AvgIpc) is 3.19.